The SMILES string of the molecule is C[CH](C)[SnH]([c]1ccccc1Cl)[C](C)(C)C. The van der Waals surface area contributed by atoms with Gasteiger partial charge in [0.1, 0.15) is 0 Å². The molecule has 0 aliphatic rings. The third-order valence-electron chi connectivity index (χ3n) is 2.84. The third kappa shape index (κ3) is 3.38. The van der Waals surface area contributed by atoms with E-state index >= 15 is 0 Å². The van der Waals surface area contributed by atoms with Gasteiger partial charge in [-0.05, 0) is 0 Å². The second-order valence-electron chi connectivity index (χ2n) is 5.61. The van der Waals surface area contributed by atoms with Crippen LogP contribution in [0.25, 0.3) is 0 Å². The van der Waals surface area contributed by atoms with Gasteiger partial charge in [0.25, 0.3) is 0 Å². The Balaban J connectivity index is 3.17. The van der Waals surface area contributed by atoms with Crippen molar-refractivity contribution >= 4 is 34.9 Å². The van der Waals surface area contributed by atoms with Crippen LogP contribution in [0.15, 0.2) is 24.3 Å². The Bertz CT molecular complexity index is 326. The molecule has 1 aromatic carbocycles. The van der Waals surface area contributed by atoms with Crippen LogP contribution in [0, 0.1) is 0 Å². The molecule has 0 heterocycles. The van der Waals surface area contributed by atoms with Crippen molar-refractivity contribution in [2.24, 2.45) is 0 Å². The van der Waals surface area contributed by atoms with Gasteiger partial charge in [0.05, 0.1) is 0 Å². The van der Waals surface area contributed by atoms with Crippen LogP contribution in [-0.2, 0) is 0 Å². The van der Waals surface area contributed by atoms with Gasteiger partial charge in [-0.2, -0.15) is 0 Å². The van der Waals surface area contributed by atoms with E-state index in [-0.39, 0.29) is 0 Å². The van der Waals surface area contributed by atoms with E-state index in [4.69, 9.17) is 11.6 Å². The van der Waals surface area contributed by atoms with E-state index in [9.17, 15) is 0 Å². The van der Waals surface area contributed by atoms with Crippen molar-refractivity contribution in [3.05, 3.63) is 29.3 Å². The minimum absolute atomic E-state index is 0.459. The molecule has 2 heteroatoms. The molecule has 1 atom stereocenters. The summed E-state index contributed by atoms with van der Waals surface area (Å²) in [5, 5.41) is 0.988. The van der Waals surface area contributed by atoms with Gasteiger partial charge in [-0.3, -0.25) is 0 Å². The molecule has 0 aromatic heterocycles. The molecule has 1 unspecified atom stereocenters. The third-order valence-corrected chi connectivity index (χ3v) is 16.2. The maximum atomic E-state index is 6.32. The quantitative estimate of drug-likeness (QED) is 0.719. The van der Waals surface area contributed by atoms with Crippen molar-refractivity contribution < 1.29 is 0 Å². The fraction of sp³-hybridized carbons (Fsp3) is 0.538. The zero-order valence-electron chi connectivity index (χ0n) is 10.3. The molecule has 1 rings (SSSR count). The molecule has 1 aromatic rings. The molecule has 15 heavy (non-hydrogen) atoms. The van der Waals surface area contributed by atoms with E-state index in [2.05, 4.69) is 46.8 Å². The minimum atomic E-state index is -1.81. The molecule has 0 saturated heterocycles. The van der Waals surface area contributed by atoms with Crippen LogP contribution in [-0.4, -0.2) is 19.8 Å². The zero-order valence-corrected chi connectivity index (χ0v) is 14.4. The van der Waals surface area contributed by atoms with Gasteiger partial charge in [0.2, 0.25) is 0 Å². The molecular formula is C13H21ClSn. The fourth-order valence-electron chi connectivity index (χ4n) is 2.55. The Morgan fingerprint density at radius 1 is 1.13 bits per heavy atom. The Morgan fingerprint density at radius 3 is 2.07 bits per heavy atom. The molecule has 0 saturated carbocycles. The summed E-state index contributed by atoms with van der Waals surface area (Å²) in [6.07, 6.45) is 0. The zero-order chi connectivity index (χ0) is 11.6. The molecule has 0 spiro atoms. The average Bonchev–Trinajstić information content (AvgIpc) is 2.05. The number of hydrogen-bond donors (Lipinski definition) is 0. The van der Waals surface area contributed by atoms with E-state index in [1.165, 1.54) is 3.58 Å². The standard InChI is InChI=1S/C6H4Cl.C4H9.C3H7.Sn.H/c7-6-4-2-1-3-5-6;1-4(2)3;1-3-2;;/h1-4H;1-3H3;3H,1-2H3;;. The molecule has 84 valence electrons. The molecule has 0 fully saturated rings. The van der Waals surface area contributed by atoms with Gasteiger partial charge < -0.3 is 0 Å². The molecule has 0 bridgehead atoms. The van der Waals surface area contributed by atoms with Crippen LogP contribution < -0.4 is 3.58 Å². The molecule has 0 nitrogen and oxygen atoms in total. The Kier molecular flexibility index (Phi) is 4.54. The molecule has 0 amide bonds. The normalized spacial score (nSPS) is 14.3. The first-order valence-electron chi connectivity index (χ1n) is 5.58. The van der Waals surface area contributed by atoms with Crippen molar-refractivity contribution in [2.75, 3.05) is 0 Å². The predicted molar refractivity (Wildman–Crippen MR) is 73.0 cm³/mol. The molecule has 0 aliphatic heterocycles. The summed E-state index contributed by atoms with van der Waals surface area (Å²) in [5.41, 5.74) is 0. The summed E-state index contributed by atoms with van der Waals surface area (Å²) in [6, 6.07) is 8.43. The van der Waals surface area contributed by atoms with Crippen LogP contribution in [0.2, 0.25) is 12.4 Å². The Hall–Kier alpha value is 0.309. The summed E-state index contributed by atoms with van der Waals surface area (Å²) in [7, 11) is 0. The summed E-state index contributed by atoms with van der Waals surface area (Å²) in [4.78, 5) is 0. The molecule has 0 N–H and O–H groups in total. The van der Waals surface area contributed by atoms with Gasteiger partial charge in [0, 0.05) is 0 Å². The first kappa shape index (κ1) is 13.4. The van der Waals surface area contributed by atoms with Crippen molar-refractivity contribution in [3.63, 3.8) is 0 Å². The van der Waals surface area contributed by atoms with Gasteiger partial charge in [-0.15, -0.1) is 0 Å². The van der Waals surface area contributed by atoms with Crippen molar-refractivity contribution in [2.45, 2.75) is 42.0 Å². The van der Waals surface area contributed by atoms with Crippen molar-refractivity contribution in [3.8, 4) is 0 Å². The number of rotatable bonds is 2. The average molecular weight is 331 g/mol. The van der Waals surface area contributed by atoms with Crippen LogP contribution in [0.3, 0.4) is 0 Å². The summed E-state index contributed by atoms with van der Waals surface area (Å²) >= 11 is 4.51. The van der Waals surface area contributed by atoms with E-state index in [0.29, 0.717) is 3.43 Å². The van der Waals surface area contributed by atoms with Crippen LogP contribution >= 0.6 is 11.6 Å². The first-order chi connectivity index (χ1) is 6.84. The predicted octanol–water partition coefficient (Wildman–Crippen LogP) is 3.98. The van der Waals surface area contributed by atoms with Gasteiger partial charge in [0.15, 0.2) is 0 Å². The Morgan fingerprint density at radius 2 is 1.67 bits per heavy atom. The van der Waals surface area contributed by atoms with Crippen LogP contribution in [0.4, 0.5) is 0 Å². The topological polar surface area (TPSA) is 0 Å². The summed E-state index contributed by atoms with van der Waals surface area (Å²) in [5.74, 6) is 0. The monoisotopic (exact) mass is 332 g/mol. The van der Waals surface area contributed by atoms with Crippen molar-refractivity contribution in [1.29, 1.82) is 0 Å². The first-order valence-corrected chi connectivity index (χ1v) is 11.2. The maximum absolute atomic E-state index is 6.32. The summed E-state index contributed by atoms with van der Waals surface area (Å²) in [6.45, 7) is 11.8. The van der Waals surface area contributed by atoms with E-state index < -0.39 is 19.8 Å². The van der Waals surface area contributed by atoms with E-state index in [0.717, 1.165) is 8.96 Å². The number of halogens is 1. The Labute approximate surface area is 106 Å². The van der Waals surface area contributed by atoms with Gasteiger partial charge in [-0.25, -0.2) is 0 Å². The molecular weight excluding hydrogens is 310 g/mol. The van der Waals surface area contributed by atoms with Crippen LogP contribution in [0.1, 0.15) is 34.6 Å². The second kappa shape index (κ2) is 5.09. The number of hydrogen-bond acceptors (Lipinski definition) is 0. The summed E-state index contributed by atoms with van der Waals surface area (Å²) < 4.78 is 2.76. The van der Waals surface area contributed by atoms with Gasteiger partial charge >= 0.3 is 106 Å². The van der Waals surface area contributed by atoms with E-state index in [1.54, 1.807) is 0 Å². The fourth-order valence-corrected chi connectivity index (χ4v) is 15.9. The second-order valence-corrected chi connectivity index (χ2v) is 19.3. The van der Waals surface area contributed by atoms with E-state index in [1.807, 2.05) is 12.1 Å². The molecule has 0 aliphatic carbocycles. The number of benzene rings is 1. The van der Waals surface area contributed by atoms with Gasteiger partial charge in [-0.1, -0.05) is 0 Å². The molecule has 0 radical (unpaired) electrons. The van der Waals surface area contributed by atoms with Crippen molar-refractivity contribution in [1.82, 2.24) is 0 Å². The van der Waals surface area contributed by atoms with Crippen LogP contribution in [0.5, 0.6) is 0 Å².